The van der Waals surface area contributed by atoms with Crippen LogP contribution in [0, 0.1) is 5.92 Å². The van der Waals surface area contributed by atoms with Crippen LogP contribution in [0.1, 0.15) is 16.9 Å². The van der Waals surface area contributed by atoms with Gasteiger partial charge < -0.3 is 10.0 Å². The van der Waals surface area contributed by atoms with Gasteiger partial charge in [0.15, 0.2) is 5.69 Å². The van der Waals surface area contributed by atoms with Crippen LogP contribution >= 0.6 is 11.6 Å². The maximum absolute atomic E-state index is 12.3. The highest BCUT2D eigenvalue weighted by Crippen LogP contribution is 2.19. The number of amides is 1. The minimum absolute atomic E-state index is 0.186. The van der Waals surface area contributed by atoms with Crippen LogP contribution in [0.15, 0.2) is 30.5 Å². The first-order chi connectivity index (χ1) is 10.5. The standard InChI is InChI=1S/C14H13ClN4O3/c15-10-2-1-3-11(6-10)19-8-12(16-17-19)13(20)18-5-4-9(7-18)14(21)22/h1-3,6,8-9H,4-5,7H2,(H,21,22). The minimum atomic E-state index is -0.877. The van der Waals surface area contributed by atoms with E-state index in [0.29, 0.717) is 23.7 Å². The SMILES string of the molecule is O=C(O)C1CCN(C(=O)c2cn(-c3cccc(Cl)c3)nn2)C1. The number of hydrogen-bond acceptors (Lipinski definition) is 4. The molecule has 8 heteroatoms. The Morgan fingerprint density at radius 2 is 2.18 bits per heavy atom. The zero-order chi connectivity index (χ0) is 15.7. The second kappa shape index (κ2) is 5.76. The van der Waals surface area contributed by atoms with E-state index in [1.54, 1.807) is 24.3 Å². The summed E-state index contributed by atoms with van der Waals surface area (Å²) < 4.78 is 1.46. The Balaban J connectivity index is 1.77. The Morgan fingerprint density at radius 3 is 2.86 bits per heavy atom. The van der Waals surface area contributed by atoms with Crippen molar-refractivity contribution in [2.45, 2.75) is 6.42 Å². The van der Waals surface area contributed by atoms with E-state index >= 15 is 0 Å². The van der Waals surface area contributed by atoms with E-state index in [1.165, 1.54) is 15.8 Å². The van der Waals surface area contributed by atoms with Crippen LogP contribution in [-0.4, -0.2) is 50.0 Å². The van der Waals surface area contributed by atoms with Crippen LogP contribution in [-0.2, 0) is 4.79 Å². The second-order valence-electron chi connectivity index (χ2n) is 5.10. The molecule has 0 saturated carbocycles. The number of aromatic nitrogens is 3. The number of rotatable bonds is 3. The van der Waals surface area contributed by atoms with Crippen LogP contribution in [0.2, 0.25) is 5.02 Å². The van der Waals surface area contributed by atoms with Gasteiger partial charge in [-0.05, 0) is 24.6 Å². The molecule has 3 rings (SSSR count). The van der Waals surface area contributed by atoms with Gasteiger partial charge in [0, 0.05) is 18.1 Å². The summed E-state index contributed by atoms with van der Waals surface area (Å²) in [5, 5.41) is 17.3. The van der Waals surface area contributed by atoms with E-state index in [2.05, 4.69) is 10.3 Å². The Bertz CT molecular complexity index is 730. The number of aliphatic carboxylic acids is 1. The maximum atomic E-state index is 12.3. The number of hydrogen-bond donors (Lipinski definition) is 1. The van der Waals surface area contributed by atoms with E-state index < -0.39 is 11.9 Å². The van der Waals surface area contributed by atoms with Gasteiger partial charge in [-0.1, -0.05) is 22.9 Å². The molecule has 0 bridgehead atoms. The fraction of sp³-hybridized carbons (Fsp3) is 0.286. The zero-order valence-corrected chi connectivity index (χ0v) is 12.3. The van der Waals surface area contributed by atoms with Gasteiger partial charge in [0.05, 0.1) is 17.8 Å². The molecule has 1 aliphatic rings. The van der Waals surface area contributed by atoms with Gasteiger partial charge in [-0.2, -0.15) is 0 Å². The van der Waals surface area contributed by atoms with E-state index in [0.717, 1.165) is 0 Å². The molecule has 2 aromatic rings. The molecule has 1 aromatic carbocycles. The first-order valence-electron chi connectivity index (χ1n) is 6.75. The molecule has 1 fully saturated rings. The largest absolute Gasteiger partial charge is 0.481 e. The normalized spacial score (nSPS) is 17.7. The molecule has 0 radical (unpaired) electrons. The van der Waals surface area contributed by atoms with Crippen LogP contribution < -0.4 is 0 Å². The highest BCUT2D eigenvalue weighted by molar-refractivity contribution is 6.30. The maximum Gasteiger partial charge on any atom is 0.308 e. The van der Waals surface area contributed by atoms with E-state index in [-0.39, 0.29) is 18.1 Å². The summed E-state index contributed by atoms with van der Waals surface area (Å²) in [6, 6.07) is 7.02. The van der Waals surface area contributed by atoms with Crippen molar-refractivity contribution < 1.29 is 14.7 Å². The number of carbonyl (C=O) groups excluding carboxylic acids is 1. The van der Waals surface area contributed by atoms with Crippen molar-refractivity contribution in [1.29, 1.82) is 0 Å². The monoisotopic (exact) mass is 320 g/mol. The summed E-state index contributed by atoms with van der Waals surface area (Å²) in [7, 11) is 0. The number of carboxylic acid groups (broad SMARTS) is 1. The second-order valence-corrected chi connectivity index (χ2v) is 5.54. The minimum Gasteiger partial charge on any atom is -0.481 e. The molecule has 1 N–H and O–H groups in total. The fourth-order valence-electron chi connectivity index (χ4n) is 2.41. The highest BCUT2D eigenvalue weighted by atomic mass is 35.5. The van der Waals surface area contributed by atoms with Gasteiger partial charge in [-0.25, -0.2) is 4.68 Å². The van der Waals surface area contributed by atoms with Crippen molar-refractivity contribution in [1.82, 2.24) is 19.9 Å². The quantitative estimate of drug-likeness (QED) is 0.925. The average molecular weight is 321 g/mol. The summed E-state index contributed by atoms with van der Waals surface area (Å²) >= 11 is 5.92. The molecule has 114 valence electrons. The van der Waals surface area contributed by atoms with Crippen molar-refractivity contribution in [2.75, 3.05) is 13.1 Å². The molecule has 0 aliphatic carbocycles. The summed E-state index contributed by atoms with van der Waals surface area (Å²) in [4.78, 5) is 24.8. The lowest BCUT2D eigenvalue weighted by Crippen LogP contribution is -2.30. The van der Waals surface area contributed by atoms with Crippen LogP contribution in [0.3, 0.4) is 0 Å². The number of halogens is 1. The first kappa shape index (κ1) is 14.5. The molecule has 22 heavy (non-hydrogen) atoms. The van der Waals surface area contributed by atoms with Crippen molar-refractivity contribution >= 4 is 23.5 Å². The third-order valence-electron chi connectivity index (χ3n) is 3.61. The van der Waals surface area contributed by atoms with Crippen molar-refractivity contribution in [3.05, 3.63) is 41.2 Å². The van der Waals surface area contributed by atoms with Crippen molar-refractivity contribution in [3.8, 4) is 5.69 Å². The Morgan fingerprint density at radius 1 is 1.36 bits per heavy atom. The van der Waals surface area contributed by atoms with Crippen molar-refractivity contribution in [2.24, 2.45) is 5.92 Å². The molecule has 1 aliphatic heterocycles. The molecular weight excluding hydrogens is 308 g/mol. The van der Waals surface area contributed by atoms with Crippen LogP contribution in [0.5, 0.6) is 0 Å². The van der Waals surface area contributed by atoms with Crippen molar-refractivity contribution in [3.63, 3.8) is 0 Å². The number of carbonyl (C=O) groups is 2. The molecule has 7 nitrogen and oxygen atoms in total. The van der Waals surface area contributed by atoms with Gasteiger partial charge in [0.2, 0.25) is 0 Å². The molecule has 1 saturated heterocycles. The predicted octanol–water partition coefficient (Wildman–Crippen LogP) is 1.47. The molecule has 1 amide bonds. The number of nitrogens with zero attached hydrogens (tertiary/aromatic N) is 4. The average Bonchev–Trinajstić information content (AvgIpc) is 3.16. The molecule has 1 unspecified atom stereocenters. The summed E-state index contributed by atoms with van der Waals surface area (Å²) in [6.45, 7) is 0.623. The first-order valence-corrected chi connectivity index (χ1v) is 7.13. The summed E-state index contributed by atoms with van der Waals surface area (Å²) in [5.74, 6) is -1.69. The Hall–Kier alpha value is -2.41. The molecular formula is C14H13ClN4O3. The zero-order valence-electron chi connectivity index (χ0n) is 11.5. The van der Waals surface area contributed by atoms with Gasteiger partial charge in [-0.3, -0.25) is 9.59 Å². The third kappa shape index (κ3) is 2.80. The van der Waals surface area contributed by atoms with Gasteiger partial charge in [0.1, 0.15) is 0 Å². The Kier molecular flexibility index (Phi) is 3.81. The lowest BCUT2D eigenvalue weighted by atomic mass is 10.1. The van der Waals surface area contributed by atoms with Crippen LogP contribution in [0.4, 0.5) is 0 Å². The van der Waals surface area contributed by atoms with Gasteiger partial charge >= 0.3 is 5.97 Å². The number of likely N-dealkylation sites (tertiary alicyclic amines) is 1. The predicted molar refractivity (Wildman–Crippen MR) is 78.0 cm³/mol. The lowest BCUT2D eigenvalue weighted by molar-refractivity contribution is -0.141. The molecule has 1 atom stereocenters. The van der Waals surface area contributed by atoms with Gasteiger partial charge in [-0.15, -0.1) is 5.10 Å². The van der Waals surface area contributed by atoms with E-state index in [4.69, 9.17) is 16.7 Å². The topological polar surface area (TPSA) is 88.3 Å². The van der Waals surface area contributed by atoms with E-state index in [1.807, 2.05) is 0 Å². The van der Waals surface area contributed by atoms with Gasteiger partial charge in [0.25, 0.3) is 5.91 Å². The molecule has 2 heterocycles. The molecule has 1 aromatic heterocycles. The van der Waals surface area contributed by atoms with E-state index in [9.17, 15) is 9.59 Å². The summed E-state index contributed by atoms with van der Waals surface area (Å²) in [5.41, 5.74) is 0.884. The smallest absolute Gasteiger partial charge is 0.308 e. The molecule has 0 spiro atoms. The third-order valence-corrected chi connectivity index (χ3v) is 3.85. The Labute approximate surface area is 131 Å². The number of carboxylic acids is 1. The summed E-state index contributed by atoms with van der Waals surface area (Å²) in [6.07, 6.45) is 1.98. The lowest BCUT2D eigenvalue weighted by Gasteiger charge is -2.13. The van der Waals surface area contributed by atoms with Crippen LogP contribution in [0.25, 0.3) is 5.69 Å². The highest BCUT2D eigenvalue weighted by Gasteiger charge is 2.32. The fourth-order valence-corrected chi connectivity index (χ4v) is 2.60. The number of benzene rings is 1.